The summed E-state index contributed by atoms with van der Waals surface area (Å²) in [5.41, 5.74) is 0. The highest BCUT2D eigenvalue weighted by Crippen LogP contribution is 2.18. The second-order valence-corrected chi connectivity index (χ2v) is 20.4. The van der Waals surface area contributed by atoms with Crippen LogP contribution >= 0.6 is 0 Å². The Bertz CT molecular complexity index is 1280. The topological polar surface area (TPSA) is 95.9 Å². The predicted molar refractivity (Wildman–Crippen MR) is 305 cm³/mol. The Hall–Kier alpha value is -2.70. The van der Waals surface area contributed by atoms with E-state index in [2.05, 4.69) is 99.0 Å². The zero-order valence-corrected chi connectivity index (χ0v) is 46.4. The quantitative estimate of drug-likeness (QED) is 0.0321. The van der Waals surface area contributed by atoms with Crippen LogP contribution in [0.1, 0.15) is 297 Å². The fourth-order valence-electron chi connectivity index (χ4n) is 8.92. The van der Waals surface area contributed by atoms with Crippen molar-refractivity contribution in [2.45, 2.75) is 315 Å². The summed E-state index contributed by atoms with van der Waals surface area (Å²) in [4.78, 5) is 26.3. The number of aliphatic hydroxyl groups excluding tert-OH is 2. The minimum atomic E-state index is -0.804. The van der Waals surface area contributed by atoms with Crippen LogP contribution in [0.5, 0.6) is 0 Å². The molecule has 6 nitrogen and oxygen atoms in total. The number of carbonyl (C=O) groups is 2. The van der Waals surface area contributed by atoms with E-state index in [4.69, 9.17) is 4.74 Å². The summed E-state index contributed by atoms with van der Waals surface area (Å²) < 4.78 is 5.95. The Morgan fingerprint density at radius 2 is 0.729 bits per heavy atom. The van der Waals surface area contributed by atoms with Gasteiger partial charge in [0.15, 0.2) is 0 Å². The summed E-state index contributed by atoms with van der Waals surface area (Å²) in [5, 5.41) is 23.9. The molecule has 0 spiro atoms. The summed E-state index contributed by atoms with van der Waals surface area (Å²) in [6.07, 6.45) is 73.9. The van der Waals surface area contributed by atoms with E-state index in [1.54, 1.807) is 0 Å². The second-order valence-electron chi connectivity index (χ2n) is 20.4. The van der Waals surface area contributed by atoms with E-state index in [0.29, 0.717) is 19.3 Å². The number of carbonyl (C=O) groups excluding carboxylic acids is 2. The molecule has 0 aromatic carbocycles. The van der Waals surface area contributed by atoms with Crippen LogP contribution in [0.25, 0.3) is 0 Å². The SMILES string of the molecule is CCCCC/C=C\C/C=C\C/C=C\CCCCCCCCC(=O)OC(CCCC/C=C\C/C=C\C/C=C\CCCCC)CC(=O)NC(CO)C(O)CCCCCCCCCCCCCCCCCCC. The minimum Gasteiger partial charge on any atom is -0.462 e. The van der Waals surface area contributed by atoms with Crippen LogP contribution in [0, 0.1) is 0 Å². The first-order chi connectivity index (χ1) is 34.5. The molecule has 0 aromatic rings. The lowest BCUT2D eigenvalue weighted by Gasteiger charge is -2.24. The maximum atomic E-state index is 13.3. The number of ether oxygens (including phenoxy) is 1. The van der Waals surface area contributed by atoms with Crippen LogP contribution in [-0.2, 0) is 14.3 Å². The van der Waals surface area contributed by atoms with Crippen molar-refractivity contribution in [1.82, 2.24) is 5.32 Å². The van der Waals surface area contributed by atoms with E-state index < -0.39 is 18.2 Å². The van der Waals surface area contributed by atoms with Crippen molar-refractivity contribution in [3.05, 3.63) is 72.9 Å². The third-order valence-corrected chi connectivity index (χ3v) is 13.5. The van der Waals surface area contributed by atoms with Crippen molar-refractivity contribution < 1.29 is 24.5 Å². The van der Waals surface area contributed by atoms with Crippen LogP contribution in [0.3, 0.4) is 0 Å². The first-order valence-corrected chi connectivity index (χ1v) is 30.2. The third-order valence-electron chi connectivity index (χ3n) is 13.5. The average molecular weight is 979 g/mol. The molecule has 0 saturated heterocycles. The van der Waals surface area contributed by atoms with Crippen molar-refractivity contribution in [2.24, 2.45) is 0 Å². The third kappa shape index (κ3) is 51.6. The van der Waals surface area contributed by atoms with Crippen LogP contribution in [0.4, 0.5) is 0 Å². The molecule has 1 amide bonds. The summed E-state index contributed by atoms with van der Waals surface area (Å²) in [5.74, 6) is -0.520. The number of allylic oxidation sites excluding steroid dienone is 12. The Morgan fingerprint density at radius 1 is 0.414 bits per heavy atom. The van der Waals surface area contributed by atoms with Gasteiger partial charge in [0.1, 0.15) is 6.10 Å². The van der Waals surface area contributed by atoms with Crippen LogP contribution in [-0.4, -0.2) is 46.9 Å². The van der Waals surface area contributed by atoms with E-state index in [1.165, 1.54) is 161 Å². The number of unbranched alkanes of at least 4 members (excludes halogenated alkanes) is 30. The first kappa shape index (κ1) is 67.3. The first-order valence-electron chi connectivity index (χ1n) is 30.2. The van der Waals surface area contributed by atoms with Crippen LogP contribution in [0.15, 0.2) is 72.9 Å². The van der Waals surface area contributed by atoms with E-state index in [1.807, 2.05) is 0 Å². The Kier molecular flexibility index (Phi) is 55.0. The predicted octanol–water partition coefficient (Wildman–Crippen LogP) is 18.9. The van der Waals surface area contributed by atoms with E-state index >= 15 is 0 Å². The highest BCUT2D eigenvalue weighted by Gasteiger charge is 2.24. The van der Waals surface area contributed by atoms with E-state index in [-0.39, 0.29) is 24.9 Å². The number of hydrogen-bond donors (Lipinski definition) is 3. The molecular formula is C64H115NO5. The van der Waals surface area contributed by atoms with E-state index in [0.717, 1.165) is 89.9 Å². The highest BCUT2D eigenvalue weighted by molar-refractivity contribution is 5.77. The number of rotatable bonds is 54. The van der Waals surface area contributed by atoms with Crippen molar-refractivity contribution in [3.63, 3.8) is 0 Å². The van der Waals surface area contributed by atoms with Crippen LogP contribution < -0.4 is 5.32 Å². The Morgan fingerprint density at radius 3 is 1.14 bits per heavy atom. The molecule has 0 radical (unpaired) electrons. The number of aliphatic hydroxyl groups is 2. The molecule has 0 aliphatic carbocycles. The fraction of sp³-hybridized carbons (Fsp3) is 0.781. The summed E-state index contributed by atoms with van der Waals surface area (Å²) >= 11 is 0. The molecule has 0 heterocycles. The molecule has 3 unspecified atom stereocenters. The average Bonchev–Trinajstić information content (AvgIpc) is 3.35. The zero-order valence-electron chi connectivity index (χ0n) is 46.4. The number of nitrogens with one attached hydrogen (secondary N) is 1. The highest BCUT2D eigenvalue weighted by atomic mass is 16.5. The van der Waals surface area contributed by atoms with Gasteiger partial charge in [-0.15, -0.1) is 0 Å². The molecule has 406 valence electrons. The van der Waals surface area contributed by atoms with Crippen molar-refractivity contribution in [1.29, 1.82) is 0 Å². The monoisotopic (exact) mass is 978 g/mol. The lowest BCUT2D eigenvalue weighted by atomic mass is 10.0. The van der Waals surface area contributed by atoms with Gasteiger partial charge in [0, 0.05) is 6.42 Å². The molecule has 0 aromatic heterocycles. The van der Waals surface area contributed by atoms with Gasteiger partial charge in [-0.05, 0) is 103 Å². The molecule has 0 fully saturated rings. The second kappa shape index (κ2) is 57.2. The van der Waals surface area contributed by atoms with E-state index in [9.17, 15) is 19.8 Å². The molecular weight excluding hydrogens is 863 g/mol. The summed E-state index contributed by atoms with van der Waals surface area (Å²) in [6, 6.07) is -0.721. The normalized spacial score (nSPS) is 13.6. The molecule has 6 heteroatoms. The van der Waals surface area contributed by atoms with Gasteiger partial charge in [-0.25, -0.2) is 0 Å². The van der Waals surface area contributed by atoms with Gasteiger partial charge in [-0.3, -0.25) is 9.59 Å². The zero-order chi connectivity index (χ0) is 50.9. The van der Waals surface area contributed by atoms with Crippen molar-refractivity contribution in [2.75, 3.05) is 6.61 Å². The van der Waals surface area contributed by atoms with Gasteiger partial charge in [-0.1, -0.05) is 254 Å². The molecule has 70 heavy (non-hydrogen) atoms. The number of esters is 1. The standard InChI is InChI=1S/C64H115NO5/c1-4-7-10-13-16-19-22-25-28-30-31-33-36-39-42-45-48-51-54-57-64(69)70-60(55-52-49-46-43-40-37-34-27-24-21-18-15-12-9-6-3)58-63(68)65-61(59-66)62(67)56-53-50-47-44-41-38-35-32-29-26-23-20-17-14-11-8-5-2/h16,18-19,21,25,27-28,31,33-34,40,43,60-62,66-67H,4-15,17,20,22-24,26,29-30,32,35-39,41-42,44-59H2,1-3H3,(H,65,68)/b19-16-,21-18-,28-25-,33-31-,34-27-,43-40-. The van der Waals surface area contributed by atoms with Crippen LogP contribution in [0.2, 0.25) is 0 Å². The largest absolute Gasteiger partial charge is 0.462 e. The Balaban J connectivity index is 4.60. The maximum Gasteiger partial charge on any atom is 0.306 e. The lowest BCUT2D eigenvalue weighted by Crippen LogP contribution is -2.46. The van der Waals surface area contributed by atoms with Gasteiger partial charge in [-0.2, -0.15) is 0 Å². The number of hydrogen-bond acceptors (Lipinski definition) is 5. The molecule has 3 N–H and O–H groups in total. The minimum absolute atomic E-state index is 0.0447. The molecule has 0 aliphatic rings. The fourth-order valence-corrected chi connectivity index (χ4v) is 8.92. The molecule has 0 rings (SSSR count). The van der Waals surface area contributed by atoms with Crippen molar-refractivity contribution >= 4 is 11.9 Å². The smallest absolute Gasteiger partial charge is 0.306 e. The maximum absolute atomic E-state index is 13.3. The molecule has 0 bridgehead atoms. The molecule has 0 aliphatic heterocycles. The summed E-state index contributed by atoms with van der Waals surface area (Å²) in [7, 11) is 0. The van der Waals surface area contributed by atoms with Crippen molar-refractivity contribution in [3.8, 4) is 0 Å². The van der Waals surface area contributed by atoms with Gasteiger partial charge < -0.3 is 20.3 Å². The van der Waals surface area contributed by atoms with Gasteiger partial charge in [0.25, 0.3) is 0 Å². The number of amides is 1. The molecule has 3 atom stereocenters. The molecule has 0 saturated carbocycles. The summed E-state index contributed by atoms with van der Waals surface area (Å²) in [6.45, 7) is 6.44. The van der Waals surface area contributed by atoms with Gasteiger partial charge >= 0.3 is 5.97 Å². The van der Waals surface area contributed by atoms with Gasteiger partial charge in [0.05, 0.1) is 25.2 Å². The Labute approximate surface area is 434 Å². The van der Waals surface area contributed by atoms with Gasteiger partial charge in [0.2, 0.25) is 5.91 Å². The lowest BCUT2D eigenvalue weighted by molar-refractivity contribution is -0.151.